The van der Waals surface area contributed by atoms with Gasteiger partial charge in [0.1, 0.15) is 0 Å². The van der Waals surface area contributed by atoms with Crippen LogP contribution < -0.4 is 0 Å². The van der Waals surface area contributed by atoms with Gasteiger partial charge in [-0.3, -0.25) is 14.5 Å². The summed E-state index contributed by atoms with van der Waals surface area (Å²) < 4.78 is 2.25. The number of carbonyl (C=O) groups is 2. The number of thioether (sulfide) groups is 1. The van der Waals surface area contributed by atoms with Crippen molar-refractivity contribution in [2.45, 2.75) is 51.1 Å². The SMILES string of the molecule is C=CC(C)N1C(=O)S/C(=C/c2ccn(C3CCCCC3)c2)C1=O. The van der Waals surface area contributed by atoms with Crippen molar-refractivity contribution in [3.05, 3.63) is 41.6 Å². The second kappa shape index (κ2) is 6.79. The van der Waals surface area contributed by atoms with Gasteiger partial charge in [-0.2, -0.15) is 0 Å². The summed E-state index contributed by atoms with van der Waals surface area (Å²) in [5.74, 6) is -0.224. The van der Waals surface area contributed by atoms with E-state index in [9.17, 15) is 9.59 Å². The van der Waals surface area contributed by atoms with Crippen molar-refractivity contribution in [3.63, 3.8) is 0 Å². The molecule has 1 aliphatic carbocycles. The van der Waals surface area contributed by atoms with Crippen molar-refractivity contribution in [1.82, 2.24) is 9.47 Å². The second-order valence-electron chi connectivity index (χ2n) is 6.21. The molecule has 0 aromatic carbocycles. The van der Waals surface area contributed by atoms with Crippen LogP contribution in [0, 0.1) is 0 Å². The number of carbonyl (C=O) groups excluding carboxylic acids is 2. The summed E-state index contributed by atoms with van der Waals surface area (Å²) in [7, 11) is 0. The average molecular weight is 330 g/mol. The van der Waals surface area contributed by atoms with Crippen molar-refractivity contribution in [2.75, 3.05) is 0 Å². The van der Waals surface area contributed by atoms with Crippen LogP contribution in [0.15, 0.2) is 36.0 Å². The predicted octanol–water partition coefficient (Wildman–Crippen LogP) is 4.60. The fourth-order valence-corrected chi connectivity index (χ4v) is 4.13. The molecule has 122 valence electrons. The van der Waals surface area contributed by atoms with Crippen LogP contribution in [0.4, 0.5) is 4.79 Å². The summed E-state index contributed by atoms with van der Waals surface area (Å²) in [5.41, 5.74) is 0.979. The highest BCUT2D eigenvalue weighted by molar-refractivity contribution is 8.18. The Morgan fingerprint density at radius 3 is 2.74 bits per heavy atom. The van der Waals surface area contributed by atoms with E-state index >= 15 is 0 Å². The van der Waals surface area contributed by atoms with Gasteiger partial charge in [-0.1, -0.05) is 25.3 Å². The predicted molar refractivity (Wildman–Crippen MR) is 94.0 cm³/mol. The van der Waals surface area contributed by atoms with Crippen molar-refractivity contribution >= 4 is 29.0 Å². The Bertz CT molecular complexity index is 656. The summed E-state index contributed by atoms with van der Waals surface area (Å²) in [5, 5.41) is -0.222. The number of amides is 2. The summed E-state index contributed by atoms with van der Waals surface area (Å²) in [6, 6.07) is 2.31. The Labute approximate surface area is 141 Å². The van der Waals surface area contributed by atoms with Gasteiger partial charge < -0.3 is 4.57 Å². The van der Waals surface area contributed by atoms with Gasteiger partial charge in [0.05, 0.1) is 10.9 Å². The van der Waals surface area contributed by atoms with Crippen LogP contribution in [0.1, 0.15) is 50.6 Å². The molecule has 2 fully saturated rings. The van der Waals surface area contributed by atoms with Gasteiger partial charge >= 0.3 is 0 Å². The van der Waals surface area contributed by atoms with Crippen molar-refractivity contribution in [2.24, 2.45) is 0 Å². The minimum Gasteiger partial charge on any atom is -0.351 e. The molecule has 2 amide bonds. The van der Waals surface area contributed by atoms with E-state index in [4.69, 9.17) is 0 Å². The highest BCUT2D eigenvalue weighted by Crippen LogP contribution is 2.34. The van der Waals surface area contributed by atoms with Gasteiger partial charge in [0.25, 0.3) is 11.1 Å². The van der Waals surface area contributed by atoms with Crippen LogP contribution in [-0.2, 0) is 4.79 Å². The molecule has 2 aliphatic rings. The van der Waals surface area contributed by atoms with Gasteiger partial charge in [0.15, 0.2) is 0 Å². The molecule has 1 aliphatic heterocycles. The molecule has 1 atom stereocenters. The standard InChI is InChI=1S/C18H22N2O2S/c1-3-13(2)20-17(21)16(23-18(20)22)11-14-9-10-19(12-14)15-7-5-4-6-8-15/h3,9-13,15H,1,4-8H2,2H3/b16-11+. The van der Waals surface area contributed by atoms with Gasteiger partial charge in [-0.05, 0) is 49.2 Å². The van der Waals surface area contributed by atoms with E-state index in [2.05, 4.69) is 23.5 Å². The Kier molecular flexibility index (Phi) is 4.76. The third kappa shape index (κ3) is 3.29. The topological polar surface area (TPSA) is 42.3 Å². The molecule has 1 aromatic heterocycles. The zero-order valence-electron chi connectivity index (χ0n) is 13.4. The fraction of sp³-hybridized carbons (Fsp3) is 0.444. The van der Waals surface area contributed by atoms with Crippen molar-refractivity contribution in [3.8, 4) is 0 Å². The average Bonchev–Trinajstić information content (AvgIpc) is 3.13. The van der Waals surface area contributed by atoms with E-state index < -0.39 is 0 Å². The lowest BCUT2D eigenvalue weighted by Crippen LogP contribution is -2.35. The molecule has 3 rings (SSSR count). The van der Waals surface area contributed by atoms with Gasteiger partial charge in [-0.15, -0.1) is 6.58 Å². The highest BCUT2D eigenvalue weighted by Gasteiger charge is 2.37. The molecule has 0 bridgehead atoms. The van der Waals surface area contributed by atoms with Crippen molar-refractivity contribution < 1.29 is 9.59 Å². The summed E-state index contributed by atoms with van der Waals surface area (Å²) in [4.78, 5) is 26.2. The third-order valence-corrected chi connectivity index (χ3v) is 5.49. The number of hydrogen-bond acceptors (Lipinski definition) is 3. The van der Waals surface area contributed by atoms with E-state index in [0.29, 0.717) is 10.9 Å². The van der Waals surface area contributed by atoms with E-state index in [1.54, 1.807) is 13.0 Å². The first-order valence-corrected chi connectivity index (χ1v) is 8.99. The smallest absolute Gasteiger partial charge is 0.294 e. The fourth-order valence-electron chi connectivity index (χ4n) is 3.21. The Morgan fingerprint density at radius 1 is 1.30 bits per heavy atom. The molecule has 0 spiro atoms. The molecule has 5 heteroatoms. The van der Waals surface area contributed by atoms with Crippen LogP contribution in [0.25, 0.3) is 6.08 Å². The minimum absolute atomic E-state index is 0.222. The zero-order valence-corrected chi connectivity index (χ0v) is 14.2. The Hall–Kier alpha value is -1.75. The zero-order chi connectivity index (χ0) is 16.4. The lowest BCUT2D eigenvalue weighted by molar-refractivity contribution is -0.123. The highest BCUT2D eigenvalue weighted by atomic mass is 32.2. The summed E-state index contributed by atoms with van der Waals surface area (Å²) >= 11 is 1.01. The second-order valence-corrected chi connectivity index (χ2v) is 7.21. The quantitative estimate of drug-likeness (QED) is 0.598. The summed E-state index contributed by atoms with van der Waals surface area (Å²) in [6.45, 7) is 5.46. The normalized spacial score (nSPS) is 22.8. The first-order chi connectivity index (χ1) is 11.1. The lowest BCUT2D eigenvalue weighted by Gasteiger charge is -2.23. The monoisotopic (exact) mass is 330 g/mol. The Balaban J connectivity index is 1.77. The van der Waals surface area contributed by atoms with Crippen LogP contribution in [0.5, 0.6) is 0 Å². The summed E-state index contributed by atoms with van der Waals surface area (Å²) in [6.07, 6.45) is 14.0. The first kappa shape index (κ1) is 16.1. The van der Waals surface area contributed by atoms with Crippen LogP contribution in [0.3, 0.4) is 0 Å². The molecule has 1 saturated heterocycles. The van der Waals surface area contributed by atoms with E-state index in [-0.39, 0.29) is 17.2 Å². The molecule has 0 N–H and O–H groups in total. The Morgan fingerprint density at radius 2 is 2.04 bits per heavy atom. The third-order valence-electron chi connectivity index (χ3n) is 4.60. The van der Waals surface area contributed by atoms with Gasteiger partial charge in [-0.25, -0.2) is 0 Å². The van der Waals surface area contributed by atoms with E-state index in [0.717, 1.165) is 17.3 Å². The van der Waals surface area contributed by atoms with Crippen LogP contribution >= 0.6 is 11.8 Å². The molecule has 4 nitrogen and oxygen atoms in total. The largest absolute Gasteiger partial charge is 0.351 e. The van der Waals surface area contributed by atoms with E-state index in [1.165, 1.54) is 37.0 Å². The number of aromatic nitrogens is 1. The molecule has 2 heterocycles. The van der Waals surface area contributed by atoms with Gasteiger partial charge in [0.2, 0.25) is 0 Å². The maximum atomic E-state index is 12.4. The number of imide groups is 1. The molecular formula is C18H22N2O2S. The maximum Gasteiger partial charge on any atom is 0.294 e. The maximum absolute atomic E-state index is 12.4. The number of rotatable bonds is 4. The van der Waals surface area contributed by atoms with Gasteiger partial charge in [0, 0.05) is 18.4 Å². The first-order valence-electron chi connectivity index (χ1n) is 8.17. The number of nitrogens with zero attached hydrogens (tertiary/aromatic N) is 2. The van der Waals surface area contributed by atoms with Crippen LogP contribution in [-0.4, -0.2) is 26.7 Å². The van der Waals surface area contributed by atoms with Crippen LogP contribution in [0.2, 0.25) is 0 Å². The molecule has 1 aromatic rings. The molecular weight excluding hydrogens is 308 g/mol. The molecule has 0 radical (unpaired) electrons. The number of hydrogen-bond donors (Lipinski definition) is 0. The minimum atomic E-state index is -0.278. The van der Waals surface area contributed by atoms with E-state index in [1.807, 2.05) is 12.1 Å². The molecule has 1 saturated carbocycles. The molecule has 23 heavy (non-hydrogen) atoms. The molecule has 1 unspecified atom stereocenters. The van der Waals surface area contributed by atoms with Crippen molar-refractivity contribution in [1.29, 1.82) is 0 Å². The lowest BCUT2D eigenvalue weighted by atomic mass is 9.95.